The van der Waals surface area contributed by atoms with Crippen LogP contribution in [0.5, 0.6) is 0 Å². The maximum Gasteiger partial charge on any atom is 0.327 e. The van der Waals surface area contributed by atoms with Crippen LogP contribution in [0.3, 0.4) is 0 Å². The van der Waals surface area contributed by atoms with Crippen molar-refractivity contribution in [2.75, 3.05) is 11.9 Å². The van der Waals surface area contributed by atoms with Crippen LogP contribution in [-0.2, 0) is 30.8 Å². The summed E-state index contributed by atoms with van der Waals surface area (Å²) in [5, 5.41) is 4.71. The third kappa shape index (κ3) is 4.57. The number of esters is 1. The summed E-state index contributed by atoms with van der Waals surface area (Å²) in [6.45, 7) is 2.59. The van der Waals surface area contributed by atoms with Crippen LogP contribution < -0.4 is 5.32 Å². The van der Waals surface area contributed by atoms with Crippen molar-refractivity contribution in [1.29, 1.82) is 0 Å². The second kappa shape index (κ2) is 9.35. The molecule has 2 aromatic carbocycles. The average Bonchev–Trinajstić information content (AvgIpc) is 3.36. The highest BCUT2D eigenvalue weighted by atomic mass is 32.2. The number of rotatable bonds is 7. The van der Waals surface area contributed by atoms with E-state index >= 15 is 0 Å². The third-order valence-corrected chi connectivity index (χ3v) is 7.80. The first-order valence-corrected chi connectivity index (χ1v) is 12.7. The van der Waals surface area contributed by atoms with Gasteiger partial charge in [-0.25, -0.2) is 17.7 Å². The molecule has 0 radical (unpaired) electrons. The van der Waals surface area contributed by atoms with Crippen molar-refractivity contribution in [2.45, 2.75) is 31.3 Å². The summed E-state index contributed by atoms with van der Waals surface area (Å²) in [5.41, 5.74) is 2.80. The number of hydrogen-bond donors (Lipinski definition) is 1. The van der Waals surface area contributed by atoms with Gasteiger partial charge in [-0.1, -0.05) is 43.3 Å². The molecule has 3 aromatic rings. The minimum absolute atomic E-state index is 0.00926. The summed E-state index contributed by atoms with van der Waals surface area (Å²) in [6.07, 6.45) is -0.300. The van der Waals surface area contributed by atoms with E-state index < -0.39 is 40.5 Å². The number of amides is 2. The smallest absolute Gasteiger partial charge is 0.327 e. The number of nitrogens with zero attached hydrogens (tertiary/aromatic N) is 2. The van der Waals surface area contributed by atoms with Gasteiger partial charge in [-0.3, -0.25) is 19.7 Å². The van der Waals surface area contributed by atoms with E-state index in [0.29, 0.717) is 15.1 Å². The van der Waals surface area contributed by atoms with E-state index in [1.54, 1.807) is 5.38 Å². The standard InChI is InChI=1S/C23H21N3O6S2/c1-3-15-8-10-16(11-9-15)18-13-33-23(24-18)25-21(28)14(2)32-20(27)12-26-22(29)17-6-4-5-7-19(17)34(26,30)31/h4-11,13-14H,3,12H2,1-2H3,(H,24,25,28). The average molecular weight is 500 g/mol. The number of anilines is 1. The summed E-state index contributed by atoms with van der Waals surface area (Å²) in [6, 6.07) is 13.6. The van der Waals surface area contributed by atoms with E-state index in [-0.39, 0.29) is 10.5 Å². The molecule has 11 heteroatoms. The van der Waals surface area contributed by atoms with Gasteiger partial charge in [0, 0.05) is 10.9 Å². The number of fused-ring (bicyclic) bond motifs is 1. The van der Waals surface area contributed by atoms with Gasteiger partial charge >= 0.3 is 5.97 Å². The summed E-state index contributed by atoms with van der Waals surface area (Å²) < 4.78 is 30.6. The molecule has 176 valence electrons. The molecule has 9 nitrogen and oxygen atoms in total. The number of sulfonamides is 1. The zero-order chi connectivity index (χ0) is 24.5. The Morgan fingerprint density at radius 1 is 1.15 bits per heavy atom. The molecular weight excluding hydrogens is 478 g/mol. The molecule has 1 atom stereocenters. The van der Waals surface area contributed by atoms with E-state index in [1.165, 1.54) is 48.1 Å². The van der Waals surface area contributed by atoms with Gasteiger partial charge < -0.3 is 4.74 Å². The minimum atomic E-state index is -4.15. The molecular formula is C23H21N3O6S2. The lowest BCUT2D eigenvalue weighted by Crippen LogP contribution is -2.38. The molecule has 0 saturated carbocycles. The number of benzene rings is 2. The Morgan fingerprint density at radius 2 is 1.85 bits per heavy atom. The van der Waals surface area contributed by atoms with Crippen molar-refractivity contribution in [3.63, 3.8) is 0 Å². The fraction of sp³-hybridized carbons (Fsp3) is 0.217. The highest BCUT2D eigenvalue weighted by Gasteiger charge is 2.42. The highest BCUT2D eigenvalue weighted by molar-refractivity contribution is 7.90. The first-order chi connectivity index (χ1) is 16.2. The number of hydrogen-bond acceptors (Lipinski definition) is 8. The lowest BCUT2D eigenvalue weighted by atomic mass is 10.1. The SMILES string of the molecule is CCc1ccc(-c2csc(NC(=O)C(C)OC(=O)CN3C(=O)c4ccccc4S3(=O)=O)n2)cc1. The van der Waals surface area contributed by atoms with Gasteiger partial charge in [0.25, 0.3) is 21.8 Å². The molecule has 1 aromatic heterocycles. The number of thiazole rings is 1. The number of ether oxygens (including phenoxy) is 1. The van der Waals surface area contributed by atoms with Crippen LogP contribution >= 0.6 is 11.3 Å². The Morgan fingerprint density at radius 3 is 2.53 bits per heavy atom. The molecule has 4 rings (SSSR count). The first kappa shape index (κ1) is 23.6. The monoisotopic (exact) mass is 499 g/mol. The molecule has 0 saturated heterocycles. The molecule has 0 bridgehead atoms. The van der Waals surface area contributed by atoms with Crippen LogP contribution in [0.4, 0.5) is 5.13 Å². The van der Waals surface area contributed by atoms with E-state index in [4.69, 9.17) is 4.74 Å². The molecule has 0 spiro atoms. The second-order valence-electron chi connectivity index (χ2n) is 7.52. The Balaban J connectivity index is 1.35. The van der Waals surface area contributed by atoms with E-state index in [9.17, 15) is 22.8 Å². The van der Waals surface area contributed by atoms with Crippen LogP contribution in [-0.4, -0.2) is 48.1 Å². The van der Waals surface area contributed by atoms with Gasteiger partial charge in [-0.15, -0.1) is 11.3 Å². The normalized spacial score (nSPS) is 15.0. The molecule has 1 aliphatic rings. The Kier molecular flexibility index (Phi) is 6.49. The lowest BCUT2D eigenvalue weighted by Gasteiger charge is -2.16. The predicted molar refractivity (Wildman–Crippen MR) is 126 cm³/mol. The van der Waals surface area contributed by atoms with Gasteiger partial charge in [0.15, 0.2) is 11.2 Å². The van der Waals surface area contributed by atoms with Crippen LogP contribution in [0.2, 0.25) is 0 Å². The summed E-state index contributed by atoms with van der Waals surface area (Å²) in [5.74, 6) is -2.47. The maximum absolute atomic E-state index is 12.6. The van der Waals surface area contributed by atoms with Crippen molar-refractivity contribution >= 4 is 44.3 Å². The number of carbonyl (C=O) groups is 3. The van der Waals surface area contributed by atoms with Gasteiger partial charge in [0.1, 0.15) is 11.4 Å². The molecule has 0 aliphatic carbocycles. The zero-order valence-electron chi connectivity index (χ0n) is 18.3. The van der Waals surface area contributed by atoms with Crippen LogP contribution in [0.15, 0.2) is 58.8 Å². The Hall–Kier alpha value is -3.57. The maximum atomic E-state index is 12.6. The van der Waals surface area contributed by atoms with E-state index in [0.717, 1.165) is 12.0 Å². The topological polar surface area (TPSA) is 123 Å². The minimum Gasteiger partial charge on any atom is -0.451 e. The lowest BCUT2D eigenvalue weighted by molar-refractivity contribution is -0.152. The largest absolute Gasteiger partial charge is 0.451 e. The second-order valence-corrected chi connectivity index (χ2v) is 10.2. The molecule has 2 amide bonds. The summed E-state index contributed by atoms with van der Waals surface area (Å²) in [4.78, 5) is 41.4. The van der Waals surface area contributed by atoms with Crippen LogP contribution in [0.25, 0.3) is 11.3 Å². The van der Waals surface area contributed by atoms with Crippen molar-refractivity contribution in [3.05, 3.63) is 65.0 Å². The fourth-order valence-electron chi connectivity index (χ4n) is 3.37. The molecule has 1 aliphatic heterocycles. The molecule has 2 heterocycles. The van der Waals surface area contributed by atoms with Gasteiger partial charge in [-0.05, 0) is 31.0 Å². The number of aryl methyl sites for hydroxylation is 1. The summed E-state index contributed by atoms with van der Waals surface area (Å²) in [7, 11) is -4.15. The highest BCUT2D eigenvalue weighted by Crippen LogP contribution is 2.30. The Bertz CT molecular complexity index is 1370. The van der Waals surface area contributed by atoms with Gasteiger partial charge in [0.2, 0.25) is 0 Å². The van der Waals surface area contributed by atoms with Crippen molar-refractivity contribution < 1.29 is 27.5 Å². The molecule has 1 unspecified atom stereocenters. The van der Waals surface area contributed by atoms with Crippen molar-refractivity contribution in [1.82, 2.24) is 9.29 Å². The number of carbonyl (C=O) groups excluding carboxylic acids is 3. The summed E-state index contributed by atoms with van der Waals surface area (Å²) >= 11 is 1.22. The first-order valence-electron chi connectivity index (χ1n) is 10.4. The molecule has 0 fully saturated rings. The van der Waals surface area contributed by atoms with Crippen LogP contribution in [0.1, 0.15) is 29.8 Å². The van der Waals surface area contributed by atoms with Crippen LogP contribution in [0, 0.1) is 0 Å². The zero-order valence-corrected chi connectivity index (χ0v) is 20.0. The quantitative estimate of drug-likeness (QED) is 0.496. The van der Waals surface area contributed by atoms with Crippen molar-refractivity contribution in [3.8, 4) is 11.3 Å². The van der Waals surface area contributed by atoms with Gasteiger partial charge in [0.05, 0.1) is 11.3 Å². The van der Waals surface area contributed by atoms with E-state index in [2.05, 4.69) is 17.2 Å². The van der Waals surface area contributed by atoms with Crippen molar-refractivity contribution in [2.24, 2.45) is 0 Å². The predicted octanol–water partition coefficient (Wildman–Crippen LogP) is 3.09. The number of nitrogens with one attached hydrogen (secondary N) is 1. The number of aromatic nitrogens is 1. The molecule has 34 heavy (non-hydrogen) atoms. The van der Waals surface area contributed by atoms with Gasteiger partial charge in [-0.2, -0.15) is 0 Å². The van der Waals surface area contributed by atoms with E-state index in [1.807, 2.05) is 24.3 Å². The fourth-order valence-corrected chi connectivity index (χ4v) is 5.61. The molecule has 1 N–H and O–H groups in total. The Labute approximate surface area is 200 Å². The third-order valence-electron chi connectivity index (χ3n) is 5.25.